The normalized spacial score (nSPS) is 17.2. The molecular formula is C28H37F2N3O6. The molecule has 1 N–H and O–H groups in total. The second-order valence-corrected chi connectivity index (χ2v) is 11.4. The van der Waals surface area contributed by atoms with Crippen LogP contribution >= 0.6 is 0 Å². The van der Waals surface area contributed by atoms with E-state index in [4.69, 9.17) is 13.9 Å². The Kier molecular flexibility index (Phi) is 8.66. The molecule has 4 rings (SSSR count). The van der Waals surface area contributed by atoms with Crippen molar-refractivity contribution in [3.63, 3.8) is 0 Å². The molecule has 214 valence electrons. The molecule has 0 bridgehead atoms. The maximum absolute atomic E-state index is 13.5. The first-order valence-corrected chi connectivity index (χ1v) is 13.4. The van der Waals surface area contributed by atoms with Crippen molar-refractivity contribution in [3.8, 4) is 23.0 Å². The van der Waals surface area contributed by atoms with Crippen LogP contribution in [0.2, 0.25) is 0 Å². The molecule has 9 nitrogen and oxygen atoms in total. The van der Waals surface area contributed by atoms with E-state index in [2.05, 4.69) is 22.0 Å². The highest BCUT2D eigenvalue weighted by molar-refractivity contribution is 5.94. The van der Waals surface area contributed by atoms with Crippen LogP contribution in [-0.4, -0.2) is 53.8 Å². The first kappa shape index (κ1) is 28.6. The predicted octanol–water partition coefficient (Wildman–Crippen LogP) is 6.19. The molecule has 1 aliphatic heterocycles. The van der Waals surface area contributed by atoms with Crippen LogP contribution < -0.4 is 14.8 Å². The highest BCUT2D eigenvalue weighted by Crippen LogP contribution is 2.37. The summed E-state index contributed by atoms with van der Waals surface area (Å²) in [6.45, 7) is 7.63. The lowest BCUT2D eigenvalue weighted by Crippen LogP contribution is -2.39. The number of piperidine rings is 1. The molecule has 2 fully saturated rings. The Morgan fingerprint density at radius 2 is 1.85 bits per heavy atom. The summed E-state index contributed by atoms with van der Waals surface area (Å²) in [5.41, 5.74) is -0.214. The van der Waals surface area contributed by atoms with Gasteiger partial charge in [-0.25, -0.2) is 9.78 Å². The van der Waals surface area contributed by atoms with Gasteiger partial charge in [-0.05, 0) is 83.4 Å². The SMILES string of the molecule is CC1CCN(C(=O)c2nc(-c3ccc(OC(F)F)c(OCC4CC4)c3)oc2[C@H](C)NC(=O)OC(C)(C)C)CC1. The number of nitrogens with zero attached hydrogens (tertiary/aromatic N) is 2. The van der Waals surface area contributed by atoms with Crippen molar-refractivity contribution >= 4 is 12.0 Å². The summed E-state index contributed by atoms with van der Waals surface area (Å²) in [5, 5.41) is 2.71. The van der Waals surface area contributed by atoms with Crippen LogP contribution in [0.3, 0.4) is 0 Å². The quantitative estimate of drug-likeness (QED) is 0.398. The topological polar surface area (TPSA) is 103 Å². The number of ether oxygens (including phenoxy) is 3. The van der Waals surface area contributed by atoms with Crippen molar-refractivity contribution in [3.05, 3.63) is 29.7 Å². The van der Waals surface area contributed by atoms with Crippen LogP contribution in [0.1, 0.15) is 82.6 Å². The van der Waals surface area contributed by atoms with Gasteiger partial charge in [-0.3, -0.25) is 4.79 Å². The molecule has 1 aromatic carbocycles. The maximum atomic E-state index is 13.5. The molecule has 1 aromatic heterocycles. The number of halogens is 2. The van der Waals surface area contributed by atoms with Crippen LogP contribution in [-0.2, 0) is 4.74 Å². The molecule has 2 heterocycles. The van der Waals surface area contributed by atoms with Crippen molar-refractivity contribution < 1.29 is 37.0 Å². The van der Waals surface area contributed by atoms with Crippen molar-refractivity contribution in [1.82, 2.24) is 15.2 Å². The number of amides is 2. The summed E-state index contributed by atoms with van der Waals surface area (Å²) in [7, 11) is 0. The fourth-order valence-corrected chi connectivity index (χ4v) is 4.25. The Morgan fingerprint density at radius 3 is 2.46 bits per heavy atom. The van der Waals surface area contributed by atoms with Crippen molar-refractivity contribution in [1.29, 1.82) is 0 Å². The van der Waals surface area contributed by atoms with E-state index in [1.807, 2.05) is 0 Å². The van der Waals surface area contributed by atoms with Crippen LogP contribution in [0.15, 0.2) is 22.6 Å². The minimum atomic E-state index is -3.01. The number of carbonyl (C=O) groups is 2. The Bertz CT molecular complexity index is 1170. The zero-order chi connectivity index (χ0) is 28.3. The summed E-state index contributed by atoms with van der Waals surface area (Å²) in [6.07, 6.45) is 3.14. The summed E-state index contributed by atoms with van der Waals surface area (Å²) in [4.78, 5) is 32.3. The van der Waals surface area contributed by atoms with E-state index in [-0.39, 0.29) is 34.8 Å². The van der Waals surface area contributed by atoms with Crippen LogP contribution in [0, 0.1) is 11.8 Å². The van der Waals surface area contributed by atoms with Gasteiger partial charge in [-0.1, -0.05) is 6.92 Å². The third kappa shape index (κ3) is 7.83. The van der Waals surface area contributed by atoms with E-state index in [0.29, 0.717) is 37.1 Å². The minimum absolute atomic E-state index is 0.0801. The molecule has 0 spiro atoms. The standard InChI is InChI=1S/C28H37F2N3O6/c1-16-10-12-33(13-11-16)25(34)22-23(17(2)31-27(35)39-28(3,4)5)38-24(32-22)19-8-9-20(37-26(29)30)21(14-19)36-15-18-6-7-18/h8-9,14,16-18,26H,6-7,10-13,15H2,1-5H3,(H,31,35)/t17-/m0/s1. The third-order valence-electron chi connectivity index (χ3n) is 6.63. The molecule has 1 aliphatic carbocycles. The van der Waals surface area contributed by atoms with E-state index >= 15 is 0 Å². The van der Waals surface area contributed by atoms with Gasteiger partial charge in [0.1, 0.15) is 5.60 Å². The van der Waals surface area contributed by atoms with Gasteiger partial charge in [0.25, 0.3) is 5.91 Å². The van der Waals surface area contributed by atoms with Gasteiger partial charge >= 0.3 is 12.7 Å². The number of alkyl halides is 2. The smallest absolute Gasteiger partial charge is 0.408 e. The molecule has 2 aromatic rings. The Balaban J connectivity index is 1.66. The Labute approximate surface area is 227 Å². The predicted molar refractivity (Wildman–Crippen MR) is 139 cm³/mol. The molecule has 1 saturated heterocycles. The van der Waals surface area contributed by atoms with E-state index in [0.717, 1.165) is 25.7 Å². The van der Waals surface area contributed by atoms with Crippen molar-refractivity contribution in [2.24, 2.45) is 11.8 Å². The number of nitrogens with one attached hydrogen (secondary N) is 1. The highest BCUT2D eigenvalue weighted by Gasteiger charge is 2.32. The lowest BCUT2D eigenvalue weighted by atomic mass is 9.99. The average Bonchev–Trinajstić information content (AvgIpc) is 3.57. The summed E-state index contributed by atoms with van der Waals surface area (Å²) < 4.78 is 47.8. The maximum Gasteiger partial charge on any atom is 0.408 e. The molecule has 0 unspecified atom stereocenters. The Morgan fingerprint density at radius 1 is 1.15 bits per heavy atom. The number of hydrogen-bond donors (Lipinski definition) is 1. The zero-order valence-electron chi connectivity index (χ0n) is 23.1. The van der Waals surface area contributed by atoms with E-state index in [1.165, 1.54) is 18.2 Å². The van der Waals surface area contributed by atoms with E-state index in [1.54, 1.807) is 32.6 Å². The number of alkyl carbamates (subject to hydrolysis) is 1. The number of oxazole rings is 1. The summed E-state index contributed by atoms with van der Waals surface area (Å²) >= 11 is 0. The molecule has 0 radical (unpaired) electrons. The number of hydrogen-bond acceptors (Lipinski definition) is 7. The van der Waals surface area contributed by atoms with Gasteiger partial charge < -0.3 is 28.8 Å². The fourth-order valence-electron chi connectivity index (χ4n) is 4.25. The van der Waals surface area contributed by atoms with Gasteiger partial charge in [0.15, 0.2) is 23.0 Å². The van der Waals surface area contributed by atoms with Gasteiger partial charge in [0, 0.05) is 18.7 Å². The second-order valence-electron chi connectivity index (χ2n) is 11.4. The number of benzene rings is 1. The fraction of sp³-hybridized carbons (Fsp3) is 0.607. The summed E-state index contributed by atoms with van der Waals surface area (Å²) in [6, 6.07) is 3.65. The molecule has 2 aliphatic rings. The van der Waals surface area contributed by atoms with Gasteiger partial charge in [0.05, 0.1) is 12.6 Å². The van der Waals surface area contributed by atoms with Crippen molar-refractivity contribution in [2.75, 3.05) is 19.7 Å². The van der Waals surface area contributed by atoms with Crippen molar-refractivity contribution in [2.45, 2.75) is 78.6 Å². The molecule has 2 amide bonds. The number of likely N-dealkylation sites (tertiary alicyclic amines) is 1. The number of aromatic nitrogens is 1. The summed E-state index contributed by atoms with van der Waals surface area (Å²) in [5.74, 6) is 0.920. The van der Waals surface area contributed by atoms with Crippen LogP contribution in [0.4, 0.5) is 13.6 Å². The highest BCUT2D eigenvalue weighted by atomic mass is 19.3. The van der Waals surface area contributed by atoms with E-state index in [9.17, 15) is 18.4 Å². The van der Waals surface area contributed by atoms with Crippen LogP contribution in [0.5, 0.6) is 11.5 Å². The van der Waals surface area contributed by atoms with Crippen LogP contribution in [0.25, 0.3) is 11.5 Å². The first-order valence-electron chi connectivity index (χ1n) is 13.4. The minimum Gasteiger partial charge on any atom is -0.489 e. The Hall–Kier alpha value is -3.37. The molecule has 39 heavy (non-hydrogen) atoms. The molecule has 1 atom stereocenters. The molecule has 11 heteroatoms. The van der Waals surface area contributed by atoms with Gasteiger partial charge in [-0.15, -0.1) is 0 Å². The molecule has 1 saturated carbocycles. The number of carbonyl (C=O) groups excluding carboxylic acids is 2. The lowest BCUT2D eigenvalue weighted by Gasteiger charge is -2.30. The lowest BCUT2D eigenvalue weighted by molar-refractivity contribution is -0.0515. The second kappa shape index (κ2) is 11.8. The average molecular weight is 550 g/mol. The largest absolute Gasteiger partial charge is 0.489 e. The van der Waals surface area contributed by atoms with E-state index < -0.39 is 24.3 Å². The van der Waals surface area contributed by atoms with Gasteiger partial charge in [0.2, 0.25) is 5.89 Å². The first-order chi connectivity index (χ1) is 18.4. The number of rotatable bonds is 9. The monoisotopic (exact) mass is 549 g/mol. The zero-order valence-corrected chi connectivity index (χ0v) is 23.1. The molecular weight excluding hydrogens is 512 g/mol. The third-order valence-corrected chi connectivity index (χ3v) is 6.63. The van der Waals surface area contributed by atoms with Gasteiger partial charge in [-0.2, -0.15) is 8.78 Å².